The fourth-order valence-corrected chi connectivity index (χ4v) is 4.55. The summed E-state index contributed by atoms with van der Waals surface area (Å²) >= 11 is 1.35. The molecule has 9 heteroatoms. The Labute approximate surface area is 197 Å². The molecule has 1 saturated heterocycles. The second-order valence-electron chi connectivity index (χ2n) is 7.74. The van der Waals surface area contributed by atoms with E-state index in [9.17, 15) is 4.79 Å². The van der Waals surface area contributed by atoms with E-state index in [1.54, 1.807) is 18.3 Å². The number of nitrogens with zero attached hydrogens (tertiary/aromatic N) is 3. The van der Waals surface area contributed by atoms with Gasteiger partial charge in [-0.25, -0.2) is 4.98 Å². The summed E-state index contributed by atoms with van der Waals surface area (Å²) in [4.78, 5) is 22.5. The van der Waals surface area contributed by atoms with E-state index in [0.717, 1.165) is 36.8 Å². The van der Waals surface area contributed by atoms with Crippen molar-refractivity contribution < 1.29 is 19.0 Å². The van der Waals surface area contributed by atoms with Gasteiger partial charge in [-0.1, -0.05) is 0 Å². The van der Waals surface area contributed by atoms with Gasteiger partial charge >= 0.3 is 0 Å². The van der Waals surface area contributed by atoms with Gasteiger partial charge in [-0.2, -0.15) is 0 Å². The van der Waals surface area contributed by atoms with Crippen LogP contribution in [-0.2, 0) is 0 Å². The van der Waals surface area contributed by atoms with E-state index in [1.165, 1.54) is 38.4 Å². The molecule has 0 bridgehead atoms. The number of carbonyl (C=O) groups is 1. The van der Waals surface area contributed by atoms with Gasteiger partial charge in [0, 0.05) is 55.2 Å². The van der Waals surface area contributed by atoms with E-state index in [-0.39, 0.29) is 5.91 Å². The maximum Gasteiger partial charge on any atom is 0.267 e. The van der Waals surface area contributed by atoms with Gasteiger partial charge in [0.25, 0.3) is 5.91 Å². The summed E-state index contributed by atoms with van der Waals surface area (Å²) < 4.78 is 16.0. The molecule has 1 fully saturated rings. The minimum absolute atomic E-state index is 0.248. The van der Waals surface area contributed by atoms with Crippen LogP contribution in [0.4, 0.5) is 11.4 Å². The molecule has 0 unspecified atom stereocenters. The monoisotopic (exact) mass is 468 g/mol. The lowest BCUT2D eigenvalue weighted by molar-refractivity contribution is 0.103. The number of thiazole rings is 1. The summed E-state index contributed by atoms with van der Waals surface area (Å²) in [6, 6.07) is 11.8. The molecular weight excluding hydrogens is 440 g/mol. The molecule has 1 aliphatic heterocycles. The lowest BCUT2D eigenvalue weighted by Crippen LogP contribution is -2.44. The van der Waals surface area contributed by atoms with Gasteiger partial charge in [-0.15, -0.1) is 11.3 Å². The normalized spacial score (nSPS) is 14.1. The van der Waals surface area contributed by atoms with Gasteiger partial charge in [0.2, 0.25) is 5.75 Å². The van der Waals surface area contributed by atoms with Crippen molar-refractivity contribution in [2.24, 2.45) is 0 Å². The first-order chi connectivity index (χ1) is 16.0. The van der Waals surface area contributed by atoms with Crippen molar-refractivity contribution in [3.8, 4) is 27.8 Å². The second-order valence-corrected chi connectivity index (χ2v) is 8.77. The first-order valence-corrected chi connectivity index (χ1v) is 11.4. The predicted octanol–water partition coefficient (Wildman–Crippen LogP) is 3.84. The van der Waals surface area contributed by atoms with E-state index in [2.05, 4.69) is 51.4 Å². The third-order valence-corrected chi connectivity index (χ3v) is 6.68. The minimum atomic E-state index is -0.248. The molecule has 1 N–H and O–H groups in total. The van der Waals surface area contributed by atoms with E-state index >= 15 is 0 Å². The van der Waals surface area contributed by atoms with Crippen molar-refractivity contribution in [2.45, 2.75) is 0 Å². The number of nitrogens with one attached hydrogen (secondary N) is 1. The zero-order chi connectivity index (χ0) is 23.4. The highest BCUT2D eigenvalue weighted by Gasteiger charge is 2.18. The Bertz CT molecular complexity index is 1080. The number of piperazine rings is 1. The van der Waals surface area contributed by atoms with Crippen LogP contribution in [0.15, 0.2) is 42.6 Å². The second kappa shape index (κ2) is 10.1. The summed E-state index contributed by atoms with van der Waals surface area (Å²) in [5.74, 6) is 1.16. The minimum Gasteiger partial charge on any atom is -0.493 e. The number of rotatable bonds is 7. The van der Waals surface area contributed by atoms with Gasteiger partial charge < -0.3 is 29.3 Å². The van der Waals surface area contributed by atoms with Crippen LogP contribution in [0.3, 0.4) is 0 Å². The van der Waals surface area contributed by atoms with Crippen molar-refractivity contribution in [1.29, 1.82) is 0 Å². The molecule has 0 aliphatic carbocycles. The molecule has 0 saturated carbocycles. The average Bonchev–Trinajstić information content (AvgIpc) is 3.34. The molecule has 2 heterocycles. The third-order valence-electron chi connectivity index (χ3n) is 5.63. The Kier molecular flexibility index (Phi) is 7.00. The standard InChI is InChI=1S/C24H28N4O4S/c1-27-9-11-28(12-10-27)18-7-5-16(6-8-18)24-25-15-21(33-24)23(29)26-17-13-19(30-2)22(32-4)20(14-17)31-3/h5-8,13-15H,9-12H2,1-4H3,(H,26,29). The molecule has 174 valence electrons. The molecule has 8 nitrogen and oxygen atoms in total. The first kappa shape index (κ1) is 22.9. The molecule has 1 aliphatic rings. The topological polar surface area (TPSA) is 76.2 Å². The van der Waals surface area contributed by atoms with Crippen molar-refractivity contribution in [3.05, 3.63) is 47.5 Å². The maximum atomic E-state index is 12.8. The molecule has 33 heavy (non-hydrogen) atoms. The number of likely N-dealkylation sites (N-methyl/N-ethyl adjacent to an activating group) is 1. The number of hydrogen-bond donors (Lipinski definition) is 1. The van der Waals surface area contributed by atoms with Crippen molar-refractivity contribution in [3.63, 3.8) is 0 Å². The highest BCUT2D eigenvalue weighted by atomic mass is 32.1. The number of methoxy groups -OCH3 is 3. The van der Waals surface area contributed by atoms with Crippen LogP contribution >= 0.6 is 11.3 Å². The van der Waals surface area contributed by atoms with Gasteiger partial charge in [0.1, 0.15) is 9.88 Å². The SMILES string of the molecule is COc1cc(NC(=O)c2cnc(-c3ccc(N4CCN(C)CC4)cc3)s2)cc(OC)c1OC. The lowest BCUT2D eigenvalue weighted by atomic mass is 10.2. The number of ether oxygens (including phenoxy) is 3. The molecular formula is C24H28N4O4S. The quantitative estimate of drug-likeness (QED) is 0.565. The Balaban J connectivity index is 1.46. The molecule has 1 aromatic heterocycles. The smallest absolute Gasteiger partial charge is 0.267 e. The Hall–Kier alpha value is -3.30. The predicted molar refractivity (Wildman–Crippen MR) is 131 cm³/mol. The Morgan fingerprint density at radius 3 is 2.18 bits per heavy atom. The maximum absolute atomic E-state index is 12.8. The summed E-state index contributed by atoms with van der Waals surface area (Å²) in [5.41, 5.74) is 2.74. The molecule has 0 radical (unpaired) electrons. The number of anilines is 2. The Morgan fingerprint density at radius 1 is 0.970 bits per heavy atom. The van der Waals surface area contributed by atoms with Crippen LogP contribution in [-0.4, -0.2) is 70.3 Å². The number of hydrogen-bond acceptors (Lipinski definition) is 8. The lowest BCUT2D eigenvalue weighted by Gasteiger charge is -2.34. The number of amides is 1. The number of aromatic nitrogens is 1. The van der Waals surface area contributed by atoms with Crippen LogP contribution in [0.1, 0.15) is 9.67 Å². The van der Waals surface area contributed by atoms with E-state index in [4.69, 9.17) is 14.2 Å². The van der Waals surface area contributed by atoms with Crippen LogP contribution in [0.2, 0.25) is 0 Å². The average molecular weight is 469 g/mol. The molecule has 0 atom stereocenters. The number of benzene rings is 2. The van der Waals surface area contributed by atoms with Crippen molar-refractivity contribution in [2.75, 3.05) is 64.8 Å². The molecule has 1 amide bonds. The van der Waals surface area contributed by atoms with Crippen LogP contribution in [0, 0.1) is 0 Å². The fraction of sp³-hybridized carbons (Fsp3) is 0.333. The number of carbonyl (C=O) groups excluding carboxylic acids is 1. The summed E-state index contributed by atoms with van der Waals surface area (Å²) in [5, 5.41) is 3.69. The van der Waals surface area contributed by atoms with E-state index in [0.29, 0.717) is 27.8 Å². The van der Waals surface area contributed by atoms with Crippen LogP contribution in [0.5, 0.6) is 17.2 Å². The van der Waals surface area contributed by atoms with Crippen LogP contribution < -0.4 is 24.4 Å². The third kappa shape index (κ3) is 5.04. The zero-order valence-electron chi connectivity index (χ0n) is 19.3. The molecule has 3 aromatic rings. The summed E-state index contributed by atoms with van der Waals surface area (Å²) in [7, 11) is 6.76. The van der Waals surface area contributed by atoms with Crippen molar-refractivity contribution >= 4 is 28.6 Å². The molecule has 4 rings (SSSR count). The van der Waals surface area contributed by atoms with Gasteiger partial charge in [0.05, 0.1) is 27.5 Å². The Morgan fingerprint density at radius 2 is 1.61 bits per heavy atom. The van der Waals surface area contributed by atoms with Gasteiger partial charge in [0.15, 0.2) is 11.5 Å². The summed E-state index contributed by atoms with van der Waals surface area (Å²) in [6.07, 6.45) is 1.60. The van der Waals surface area contributed by atoms with E-state index in [1.807, 2.05) is 0 Å². The van der Waals surface area contributed by atoms with Crippen molar-refractivity contribution in [1.82, 2.24) is 9.88 Å². The molecule has 2 aromatic carbocycles. The van der Waals surface area contributed by atoms with Crippen LogP contribution in [0.25, 0.3) is 10.6 Å². The highest BCUT2D eigenvalue weighted by molar-refractivity contribution is 7.17. The first-order valence-electron chi connectivity index (χ1n) is 10.6. The highest BCUT2D eigenvalue weighted by Crippen LogP contribution is 2.40. The largest absolute Gasteiger partial charge is 0.493 e. The zero-order valence-corrected chi connectivity index (χ0v) is 20.1. The molecule has 0 spiro atoms. The van der Waals surface area contributed by atoms with Gasteiger partial charge in [-0.05, 0) is 31.3 Å². The fourth-order valence-electron chi connectivity index (χ4n) is 3.74. The summed E-state index contributed by atoms with van der Waals surface area (Å²) in [6.45, 7) is 4.19. The van der Waals surface area contributed by atoms with E-state index < -0.39 is 0 Å². The van der Waals surface area contributed by atoms with Gasteiger partial charge in [-0.3, -0.25) is 4.79 Å².